The monoisotopic (exact) mass is 412 g/mol. The maximum Gasteiger partial charge on any atom is 0.265 e. The lowest BCUT2D eigenvalue weighted by molar-refractivity contribution is 0.402. The van der Waals surface area contributed by atoms with E-state index in [9.17, 15) is 16.8 Å². The van der Waals surface area contributed by atoms with Crippen LogP contribution in [0.2, 0.25) is 0 Å². The van der Waals surface area contributed by atoms with Crippen molar-refractivity contribution in [1.29, 1.82) is 0 Å². The van der Waals surface area contributed by atoms with Crippen LogP contribution in [0.4, 0.5) is 5.69 Å². The van der Waals surface area contributed by atoms with Crippen LogP contribution in [0.1, 0.15) is 19.4 Å². The van der Waals surface area contributed by atoms with Crippen molar-refractivity contribution < 1.29 is 21.6 Å². The van der Waals surface area contributed by atoms with Crippen molar-refractivity contribution in [1.82, 2.24) is 4.31 Å². The molecule has 27 heavy (non-hydrogen) atoms. The Hall–Kier alpha value is -2.10. The summed E-state index contributed by atoms with van der Waals surface area (Å²) in [6.07, 6.45) is 0. The smallest absolute Gasteiger partial charge is 0.265 e. The molecular weight excluding hydrogens is 388 g/mol. The van der Waals surface area contributed by atoms with E-state index in [-0.39, 0.29) is 27.3 Å². The van der Waals surface area contributed by atoms with E-state index < -0.39 is 20.0 Å². The maximum atomic E-state index is 12.7. The summed E-state index contributed by atoms with van der Waals surface area (Å²) < 4.78 is 59.2. The number of nitrogens with zero attached hydrogens (tertiary/aromatic N) is 1. The van der Waals surface area contributed by atoms with Crippen LogP contribution in [0.25, 0.3) is 0 Å². The van der Waals surface area contributed by atoms with Crippen molar-refractivity contribution in [3.8, 4) is 5.75 Å². The van der Waals surface area contributed by atoms with E-state index in [2.05, 4.69) is 4.72 Å². The van der Waals surface area contributed by atoms with E-state index in [0.29, 0.717) is 0 Å². The summed E-state index contributed by atoms with van der Waals surface area (Å²) in [5.74, 6) is 0.228. The molecule has 7 nitrogen and oxygen atoms in total. The zero-order valence-corrected chi connectivity index (χ0v) is 17.6. The van der Waals surface area contributed by atoms with Crippen LogP contribution in [0.5, 0.6) is 5.75 Å². The van der Waals surface area contributed by atoms with Gasteiger partial charge in [0.05, 0.1) is 12.0 Å². The van der Waals surface area contributed by atoms with E-state index in [4.69, 9.17) is 4.74 Å². The highest BCUT2D eigenvalue weighted by atomic mass is 32.2. The van der Waals surface area contributed by atoms with Gasteiger partial charge in [-0.2, -0.15) is 4.31 Å². The standard InChI is InChI=1S/C18H24N2O5S2/c1-13(2)20(4)27(23,24)16-9-7-15(8-10-16)19-26(21,22)18-12-14(3)6-11-17(18)25-5/h6-13,19H,1-5H3. The molecule has 9 heteroatoms. The second-order valence-corrected chi connectivity index (χ2v) is 10.0. The Kier molecular flexibility index (Phi) is 6.18. The Morgan fingerprint density at radius 3 is 2.11 bits per heavy atom. The SMILES string of the molecule is COc1ccc(C)cc1S(=O)(=O)Nc1ccc(S(=O)(=O)N(C)C(C)C)cc1. The molecule has 2 rings (SSSR count). The van der Waals surface area contributed by atoms with Gasteiger partial charge in [-0.25, -0.2) is 16.8 Å². The number of anilines is 1. The molecule has 0 saturated carbocycles. The zero-order valence-electron chi connectivity index (χ0n) is 15.9. The summed E-state index contributed by atoms with van der Waals surface area (Å²) in [5.41, 5.74) is 1.03. The van der Waals surface area contributed by atoms with Crippen molar-refractivity contribution in [2.75, 3.05) is 18.9 Å². The quantitative estimate of drug-likeness (QED) is 0.755. The van der Waals surface area contributed by atoms with Gasteiger partial charge in [0.15, 0.2) is 0 Å². The van der Waals surface area contributed by atoms with Crippen LogP contribution in [0, 0.1) is 6.92 Å². The molecule has 0 radical (unpaired) electrons. The second kappa shape index (κ2) is 7.87. The summed E-state index contributed by atoms with van der Waals surface area (Å²) in [4.78, 5) is 0.107. The Balaban J connectivity index is 2.33. The first-order chi connectivity index (χ1) is 12.5. The van der Waals surface area contributed by atoms with E-state index in [1.165, 1.54) is 48.8 Å². The third-order valence-electron chi connectivity index (χ3n) is 4.12. The first-order valence-corrected chi connectivity index (χ1v) is 11.2. The number of benzene rings is 2. The summed E-state index contributed by atoms with van der Waals surface area (Å²) >= 11 is 0. The van der Waals surface area contributed by atoms with Crippen LogP contribution in [-0.2, 0) is 20.0 Å². The van der Waals surface area contributed by atoms with Crippen molar-refractivity contribution >= 4 is 25.7 Å². The van der Waals surface area contributed by atoms with Crippen LogP contribution in [0.15, 0.2) is 52.3 Å². The summed E-state index contributed by atoms with van der Waals surface area (Å²) in [5, 5.41) is 0. The molecule has 2 aromatic carbocycles. The molecule has 0 aromatic heterocycles. The zero-order chi connectivity index (χ0) is 20.4. The molecule has 148 valence electrons. The lowest BCUT2D eigenvalue weighted by Crippen LogP contribution is -2.33. The van der Waals surface area contributed by atoms with Gasteiger partial charge in [-0.3, -0.25) is 4.72 Å². The fourth-order valence-electron chi connectivity index (χ4n) is 2.34. The third kappa shape index (κ3) is 4.60. The molecule has 0 fully saturated rings. The lowest BCUT2D eigenvalue weighted by atomic mass is 10.2. The Morgan fingerprint density at radius 2 is 1.59 bits per heavy atom. The van der Waals surface area contributed by atoms with Gasteiger partial charge in [0.25, 0.3) is 10.0 Å². The van der Waals surface area contributed by atoms with Crippen molar-refractivity contribution in [2.45, 2.75) is 36.6 Å². The fourth-order valence-corrected chi connectivity index (χ4v) is 5.02. The number of hydrogen-bond acceptors (Lipinski definition) is 5. The van der Waals surface area contributed by atoms with Gasteiger partial charge in [-0.15, -0.1) is 0 Å². The van der Waals surface area contributed by atoms with Gasteiger partial charge in [-0.05, 0) is 62.7 Å². The largest absolute Gasteiger partial charge is 0.495 e. The minimum absolute atomic E-state index is 0.0150. The molecule has 0 aliphatic rings. The number of methoxy groups -OCH3 is 1. The Bertz CT molecular complexity index is 1010. The van der Waals surface area contributed by atoms with E-state index in [1.807, 2.05) is 0 Å². The van der Waals surface area contributed by atoms with Crippen LogP contribution in [-0.4, -0.2) is 41.3 Å². The predicted octanol–water partition coefficient (Wildman–Crippen LogP) is 2.83. The summed E-state index contributed by atoms with van der Waals surface area (Å²) in [6.45, 7) is 5.33. The van der Waals surface area contributed by atoms with Gasteiger partial charge >= 0.3 is 0 Å². The van der Waals surface area contributed by atoms with Crippen molar-refractivity contribution in [2.24, 2.45) is 0 Å². The number of ether oxygens (including phenoxy) is 1. The highest BCUT2D eigenvalue weighted by Gasteiger charge is 2.24. The molecule has 0 heterocycles. The van der Waals surface area contributed by atoms with E-state index in [1.54, 1.807) is 32.9 Å². The van der Waals surface area contributed by atoms with Gasteiger partial charge in [0.2, 0.25) is 10.0 Å². The summed E-state index contributed by atoms with van der Waals surface area (Å²) in [7, 11) is -4.62. The number of nitrogens with one attached hydrogen (secondary N) is 1. The normalized spacial score (nSPS) is 12.4. The molecule has 0 bridgehead atoms. The average molecular weight is 413 g/mol. The molecule has 0 atom stereocenters. The Morgan fingerprint density at radius 1 is 1.00 bits per heavy atom. The van der Waals surface area contributed by atoms with Crippen LogP contribution >= 0.6 is 0 Å². The Labute approximate surface area is 161 Å². The maximum absolute atomic E-state index is 12.7. The fraction of sp³-hybridized carbons (Fsp3) is 0.333. The minimum atomic E-state index is -3.89. The van der Waals surface area contributed by atoms with Gasteiger partial charge < -0.3 is 4.74 Å². The highest BCUT2D eigenvalue weighted by molar-refractivity contribution is 7.92. The molecular formula is C18H24N2O5S2. The molecule has 2 aromatic rings. The summed E-state index contributed by atoms with van der Waals surface area (Å²) in [6, 6.07) is 10.2. The molecule has 0 aliphatic carbocycles. The number of rotatable bonds is 7. The van der Waals surface area contributed by atoms with Crippen molar-refractivity contribution in [3.63, 3.8) is 0 Å². The number of sulfonamides is 2. The number of hydrogen-bond donors (Lipinski definition) is 1. The van der Waals surface area contributed by atoms with Crippen LogP contribution in [0.3, 0.4) is 0 Å². The van der Waals surface area contributed by atoms with Crippen LogP contribution < -0.4 is 9.46 Å². The van der Waals surface area contributed by atoms with Gasteiger partial charge in [-0.1, -0.05) is 6.07 Å². The molecule has 1 N–H and O–H groups in total. The minimum Gasteiger partial charge on any atom is -0.495 e. The van der Waals surface area contributed by atoms with Crippen molar-refractivity contribution in [3.05, 3.63) is 48.0 Å². The molecule has 0 saturated heterocycles. The van der Waals surface area contributed by atoms with E-state index in [0.717, 1.165) is 5.56 Å². The topological polar surface area (TPSA) is 92.8 Å². The first kappa shape index (κ1) is 21.2. The molecule has 0 amide bonds. The third-order valence-corrected chi connectivity index (χ3v) is 7.57. The first-order valence-electron chi connectivity index (χ1n) is 8.24. The highest BCUT2D eigenvalue weighted by Crippen LogP contribution is 2.27. The molecule has 0 aliphatic heterocycles. The van der Waals surface area contributed by atoms with Gasteiger partial charge in [0, 0.05) is 18.8 Å². The van der Waals surface area contributed by atoms with E-state index >= 15 is 0 Å². The number of aryl methyl sites for hydroxylation is 1. The molecule has 0 spiro atoms. The molecule has 0 unspecified atom stereocenters. The average Bonchev–Trinajstić information content (AvgIpc) is 2.61. The lowest BCUT2D eigenvalue weighted by Gasteiger charge is -2.21. The second-order valence-electron chi connectivity index (χ2n) is 6.40. The predicted molar refractivity (Wildman–Crippen MR) is 105 cm³/mol. The van der Waals surface area contributed by atoms with Gasteiger partial charge in [0.1, 0.15) is 10.6 Å².